The second-order valence-electron chi connectivity index (χ2n) is 8.38. The molecule has 3 N–H and O–H groups in total. The van der Waals surface area contributed by atoms with Gasteiger partial charge in [0.2, 0.25) is 5.91 Å². The lowest BCUT2D eigenvalue weighted by atomic mass is 9.91. The van der Waals surface area contributed by atoms with Gasteiger partial charge in [-0.15, -0.1) is 0 Å². The highest BCUT2D eigenvalue weighted by atomic mass is 16.6. The van der Waals surface area contributed by atoms with Gasteiger partial charge in [0, 0.05) is 30.4 Å². The number of amides is 2. The van der Waals surface area contributed by atoms with Crippen molar-refractivity contribution in [2.24, 2.45) is 17.6 Å². The molecule has 0 radical (unpaired) electrons. The average Bonchev–Trinajstić information content (AvgIpc) is 2.76. The topological polar surface area (TPSA) is 145 Å². The monoisotopic (exact) mass is 454 g/mol. The normalized spacial score (nSPS) is 17.8. The molecule has 2 amide bonds. The molecule has 3 rings (SSSR count). The van der Waals surface area contributed by atoms with Crippen molar-refractivity contribution in [3.63, 3.8) is 0 Å². The number of anilines is 2. The van der Waals surface area contributed by atoms with Gasteiger partial charge in [0.1, 0.15) is 5.69 Å². The van der Waals surface area contributed by atoms with Gasteiger partial charge in [-0.3, -0.25) is 19.7 Å². The Kier molecular flexibility index (Phi) is 7.27. The Balaban J connectivity index is 1.64. The summed E-state index contributed by atoms with van der Waals surface area (Å²) >= 11 is 0. The summed E-state index contributed by atoms with van der Waals surface area (Å²) in [5.41, 5.74) is 6.13. The third-order valence-corrected chi connectivity index (χ3v) is 5.40. The molecule has 2 aromatic rings. The number of nitro groups is 1. The fraction of sp³-hybridized carbons (Fsp3) is 0.348. The van der Waals surface area contributed by atoms with E-state index >= 15 is 0 Å². The molecule has 0 aromatic heterocycles. The van der Waals surface area contributed by atoms with E-state index < -0.39 is 29.3 Å². The van der Waals surface area contributed by atoms with Crippen molar-refractivity contribution >= 4 is 34.8 Å². The Morgan fingerprint density at radius 1 is 1.09 bits per heavy atom. The maximum Gasteiger partial charge on any atom is 0.338 e. The molecule has 2 unspecified atom stereocenters. The summed E-state index contributed by atoms with van der Waals surface area (Å²) in [7, 11) is 0. The van der Waals surface area contributed by atoms with Gasteiger partial charge in [0.25, 0.3) is 11.6 Å². The Labute approximate surface area is 190 Å². The molecule has 0 saturated carbocycles. The summed E-state index contributed by atoms with van der Waals surface area (Å²) in [6.07, 6.45) is 1.06. The molecule has 174 valence electrons. The highest BCUT2D eigenvalue weighted by molar-refractivity contribution is 5.97. The maximum atomic E-state index is 12.4. The summed E-state index contributed by atoms with van der Waals surface area (Å²) in [6, 6.07) is 10.1. The van der Waals surface area contributed by atoms with Gasteiger partial charge in [0.15, 0.2) is 6.61 Å². The van der Waals surface area contributed by atoms with Crippen molar-refractivity contribution in [1.82, 2.24) is 0 Å². The molecule has 1 fully saturated rings. The number of hydrogen-bond donors (Lipinski definition) is 2. The largest absolute Gasteiger partial charge is 0.452 e. The molecule has 33 heavy (non-hydrogen) atoms. The first-order chi connectivity index (χ1) is 15.6. The molecule has 2 aromatic carbocycles. The number of rotatable bonds is 7. The van der Waals surface area contributed by atoms with Gasteiger partial charge in [-0.25, -0.2) is 4.79 Å². The number of carbonyl (C=O) groups is 3. The average molecular weight is 454 g/mol. The summed E-state index contributed by atoms with van der Waals surface area (Å²) in [4.78, 5) is 48.7. The first-order valence-electron chi connectivity index (χ1n) is 10.5. The van der Waals surface area contributed by atoms with Crippen LogP contribution in [0.2, 0.25) is 0 Å². The van der Waals surface area contributed by atoms with Crippen LogP contribution in [-0.2, 0) is 9.53 Å². The van der Waals surface area contributed by atoms with Gasteiger partial charge >= 0.3 is 5.97 Å². The number of benzene rings is 2. The van der Waals surface area contributed by atoms with Crippen LogP contribution in [0.15, 0.2) is 42.5 Å². The van der Waals surface area contributed by atoms with Crippen molar-refractivity contribution < 1.29 is 24.0 Å². The van der Waals surface area contributed by atoms with Crippen molar-refractivity contribution in [2.75, 3.05) is 29.9 Å². The van der Waals surface area contributed by atoms with Gasteiger partial charge in [-0.2, -0.15) is 0 Å². The number of nitrogens with one attached hydrogen (secondary N) is 1. The molecular weight excluding hydrogens is 428 g/mol. The SMILES string of the molecule is CC1CC(C)CN(c2ccc(C(=O)OCC(=O)Nc3ccc(C(N)=O)cc3)cc2[N+](=O)[O-])C1. The zero-order valence-corrected chi connectivity index (χ0v) is 18.4. The number of nitro benzene ring substituents is 1. The third kappa shape index (κ3) is 6.06. The Morgan fingerprint density at radius 3 is 2.27 bits per heavy atom. The molecule has 10 nitrogen and oxygen atoms in total. The molecule has 0 spiro atoms. The van der Waals surface area contributed by atoms with Gasteiger partial charge in [-0.05, 0) is 54.7 Å². The van der Waals surface area contributed by atoms with E-state index in [2.05, 4.69) is 19.2 Å². The van der Waals surface area contributed by atoms with Crippen LogP contribution < -0.4 is 16.0 Å². The highest BCUT2D eigenvalue weighted by Crippen LogP contribution is 2.34. The van der Waals surface area contributed by atoms with E-state index in [0.717, 1.165) is 6.42 Å². The van der Waals surface area contributed by atoms with Gasteiger partial charge in [-0.1, -0.05) is 13.8 Å². The van der Waals surface area contributed by atoms with Crippen LogP contribution in [0.3, 0.4) is 0 Å². The Morgan fingerprint density at radius 2 is 1.70 bits per heavy atom. The lowest BCUT2D eigenvalue weighted by molar-refractivity contribution is -0.384. The molecule has 1 aliphatic rings. The summed E-state index contributed by atoms with van der Waals surface area (Å²) < 4.78 is 5.02. The molecule has 0 aliphatic carbocycles. The smallest absolute Gasteiger partial charge is 0.338 e. The van der Waals surface area contributed by atoms with E-state index in [1.165, 1.54) is 36.4 Å². The minimum Gasteiger partial charge on any atom is -0.452 e. The number of nitrogens with zero attached hydrogens (tertiary/aromatic N) is 2. The zero-order valence-electron chi connectivity index (χ0n) is 18.4. The number of esters is 1. The molecule has 10 heteroatoms. The maximum absolute atomic E-state index is 12.4. The number of nitrogens with two attached hydrogens (primary N) is 1. The summed E-state index contributed by atoms with van der Waals surface area (Å²) in [5.74, 6) is -1.22. The van der Waals surface area contributed by atoms with Gasteiger partial charge < -0.3 is 20.7 Å². The third-order valence-electron chi connectivity index (χ3n) is 5.40. The van der Waals surface area contributed by atoms with E-state index in [9.17, 15) is 24.5 Å². The van der Waals surface area contributed by atoms with Crippen LogP contribution in [0.25, 0.3) is 0 Å². The van der Waals surface area contributed by atoms with Gasteiger partial charge in [0.05, 0.1) is 10.5 Å². The van der Waals surface area contributed by atoms with Crippen molar-refractivity contribution in [3.8, 4) is 0 Å². The number of primary amides is 1. The zero-order chi connectivity index (χ0) is 24.1. The van der Waals surface area contributed by atoms with Crippen LogP contribution in [0, 0.1) is 22.0 Å². The minimum atomic E-state index is -0.843. The van der Waals surface area contributed by atoms with Crippen LogP contribution in [0.4, 0.5) is 17.1 Å². The van der Waals surface area contributed by atoms with Crippen molar-refractivity contribution in [2.45, 2.75) is 20.3 Å². The van der Waals surface area contributed by atoms with Crippen molar-refractivity contribution in [1.29, 1.82) is 0 Å². The quantitative estimate of drug-likeness (QED) is 0.372. The molecule has 1 heterocycles. The molecule has 1 saturated heterocycles. The number of carbonyl (C=O) groups excluding carboxylic acids is 3. The van der Waals surface area contributed by atoms with E-state index in [1.807, 2.05) is 4.90 Å². The fourth-order valence-corrected chi connectivity index (χ4v) is 4.05. The summed E-state index contributed by atoms with van der Waals surface area (Å²) in [6.45, 7) is 5.05. The number of piperidine rings is 1. The van der Waals surface area contributed by atoms with E-state index in [4.69, 9.17) is 10.5 Å². The van der Waals surface area contributed by atoms with Crippen LogP contribution in [0.5, 0.6) is 0 Å². The molecular formula is C23H26N4O6. The fourth-order valence-electron chi connectivity index (χ4n) is 4.05. The Bertz CT molecular complexity index is 1060. The Hall–Kier alpha value is -3.95. The van der Waals surface area contributed by atoms with Crippen LogP contribution >= 0.6 is 0 Å². The number of hydrogen-bond acceptors (Lipinski definition) is 7. The molecule has 1 aliphatic heterocycles. The van der Waals surface area contributed by atoms with Crippen molar-refractivity contribution in [3.05, 3.63) is 63.7 Å². The van der Waals surface area contributed by atoms with Crippen LogP contribution in [0.1, 0.15) is 41.0 Å². The minimum absolute atomic E-state index is 0.0119. The first kappa shape index (κ1) is 23.7. The predicted molar refractivity (Wildman–Crippen MR) is 122 cm³/mol. The first-order valence-corrected chi connectivity index (χ1v) is 10.5. The van der Waals surface area contributed by atoms with E-state index in [0.29, 0.717) is 36.3 Å². The number of ether oxygens (including phenoxy) is 1. The summed E-state index contributed by atoms with van der Waals surface area (Å²) in [5, 5.41) is 14.2. The van der Waals surface area contributed by atoms with E-state index in [-0.39, 0.29) is 16.8 Å². The standard InChI is InChI=1S/C23H26N4O6/c1-14-9-15(2)12-26(11-14)19-8-5-17(10-20(19)27(31)32)23(30)33-13-21(28)25-18-6-3-16(4-7-18)22(24)29/h3-8,10,14-15H,9,11-13H2,1-2H3,(H2,24,29)(H,25,28). The lowest BCUT2D eigenvalue weighted by Gasteiger charge is -2.36. The second kappa shape index (κ2) is 10.1. The second-order valence-corrected chi connectivity index (χ2v) is 8.38. The molecule has 0 bridgehead atoms. The van der Waals surface area contributed by atoms with Crippen LogP contribution in [-0.4, -0.2) is 42.4 Å². The predicted octanol–water partition coefficient (Wildman–Crippen LogP) is 2.97. The molecule has 2 atom stereocenters. The highest BCUT2D eigenvalue weighted by Gasteiger charge is 2.28. The van der Waals surface area contributed by atoms with E-state index in [1.54, 1.807) is 6.07 Å². The lowest BCUT2D eigenvalue weighted by Crippen LogP contribution is -2.39.